The highest BCUT2D eigenvalue weighted by Gasteiger charge is 2.18. The Morgan fingerprint density at radius 2 is 1.80 bits per heavy atom. The van der Waals surface area contributed by atoms with Crippen molar-refractivity contribution in [2.45, 2.75) is 33.2 Å². The lowest BCUT2D eigenvalue weighted by Gasteiger charge is -2.10. The number of hydrogen-bond donors (Lipinski definition) is 2. The maximum absolute atomic E-state index is 11.5. The molecule has 7 heteroatoms. The number of imidazole rings is 1. The van der Waals surface area contributed by atoms with E-state index in [-0.39, 0.29) is 11.4 Å². The van der Waals surface area contributed by atoms with Crippen molar-refractivity contribution in [3.8, 4) is 17.0 Å². The summed E-state index contributed by atoms with van der Waals surface area (Å²) in [5.74, 6) is -0.306. The van der Waals surface area contributed by atoms with Crippen LogP contribution in [0.5, 0.6) is 5.88 Å². The van der Waals surface area contributed by atoms with Crippen LogP contribution in [0.4, 0.5) is 0 Å². The number of nitrogens with zero attached hydrogens (tertiary/aromatic N) is 4. The lowest BCUT2D eigenvalue weighted by Crippen LogP contribution is -2.03. The zero-order valence-corrected chi connectivity index (χ0v) is 16.8. The summed E-state index contributed by atoms with van der Waals surface area (Å²) >= 11 is 0. The van der Waals surface area contributed by atoms with E-state index in [4.69, 9.17) is 0 Å². The molecule has 2 aromatic carbocycles. The molecule has 0 aliphatic carbocycles. The van der Waals surface area contributed by atoms with Gasteiger partial charge in [0.25, 0.3) is 5.88 Å². The van der Waals surface area contributed by atoms with Crippen LogP contribution >= 0.6 is 0 Å². The van der Waals surface area contributed by atoms with Crippen LogP contribution in [0, 0.1) is 6.92 Å². The normalized spacial score (nSPS) is 11.1. The number of carboxylic acid groups (broad SMARTS) is 1. The van der Waals surface area contributed by atoms with Crippen molar-refractivity contribution in [1.82, 2.24) is 19.7 Å². The summed E-state index contributed by atoms with van der Waals surface area (Å²) in [5, 5.41) is 27.8. The van der Waals surface area contributed by atoms with E-state index in [0.29, 0.717) is 23.1 Å². The number of aryl methyl sites for hydroxylation is 2. The first-order valence-electron chi connectivity index (χ1n) is 9.82. The van der Waals surface area contributed by atoms with Gasteiger partial charge in [0.05, 0.1) is 11.3 Å². The zero-order chi connectivity index (χ0) is 21.3. The number of hydrogen-bond acceptors (Lipinski definition) is 5. The van der Waals surface area contributed by atoms with Crippen molar-refractivity contribution in [2.24, 2.45) is 0 Å². The molecule has 0 atom stereocenters. The molecule has 0 aliphatic rings. The van der Waals surface area contributed by atoms with E-state index >= 15 is 0 Å². The minimum absolute atomic E-state index is 0.127. The Labute approximate surface area is 173 Å². The number of rotatable bonds is 6. The lowest BCUT2D eigenvalue weighted by atomic mass is 9.99. The van der Waals surface area contributed by atoms with E-state index in [1.165, 1.54) is 0 Å². The Bertz CT molecular complexity index is 1230. The molecule has 0 bridgehead atoms. The summed E-state index contributed by atoms with van der Waals surface area (Å²) in [6, 6.07) is 14.7. The van der Waals surface area contributed by atoms with Gasteiger partial charge >= 0.3 is 5.97 Å². The van der Waals surface area contributed by atoms with E-state index in [0.717, 1.165) is 35.5 Å². The molecule has 2 aromatic heterocycles. The molecular formula is C23H22N4O3. The van der Waals surface area contributed by atoms with Crippen LogP contribution in [0.1, 0.15) is 40.8 Å². The molecule has 0 saturated carbocycles. The van der Waals surface area contributed by atoms with Crippen molar-refractivity contribution in [3.05, 3.63) is 71.2 Å². The fourth-order valence-corrected chi connectivity index (χ4v) is 3.69. The first-order valence-corrected chi connectivity index (χ1v) is 9.82. The summed E-state index contributed by atoms with van der Waals surface area (Å²) in [7, 11) is 0. The maximum atomic E-state index is 11.5. The Morgan fingerprint density at radius 3 is 2.50 bits per heavy atom. The summed E-state index contributed by atoms with van der Waals surface area (Å²) in [6.07, 6.45) is 1.66. The van der Waals surface area contributed by atoms with Gasteiger partial charge in [0.1, 0.15) is 16.9 Å². The predicted molar refractivity (Wildman–Crippen MR) is 114 cm³/mol. The summed E-state index contributed by atoms with van der Waals surface area (Å²) in [4.78, 5) is 16.1. The molecule has 0 unspecified atom stereocenters. The average Bonchev–Trinajstić information content (AvgIpc) is 3.08. The van der Waals surface area contributed by atoms with E-state index in [2.05, 4.69) is 22.1 Å². The molecule has 2 N–H and O–H groups in total. The van der Waals surface area contributed by atoms with Crippen LogP contribution in [0.3, 0.4) is 0 Å². The van der Waals surface area contributed by atoms with Crippen molar-refractivity contribution in [1.29, 1.82) is 0 Å². The molecule has 4 rings (SSSR count). The van der Waals surface area contributed by atoms with Gasteiger partial charge in [-0.2, -0.15) is 0 Å². The number of aromatic hydroxyl groups is 1. The summed E-state index contributed by atoms with van der Waals surface area (Å²) in [5.41, 5.74) is 4.85. The van der Waals surface area contributed by atoms with Crippen LogP contribution in [0.15, 0.2) is 48.5 Å². The highest BCUT2D eigenvalue weighted by Crippen LogP contribution is 2.28. The molecule has 0 fully saturated rings. The van der Waals surface area contributed by atoms with Crippen LogP contribution in [-0.2, 0) is 13.0 Å². The second-order valence-electron chi connectivity index (χ2n) is 7.21. The van der Waals surface area contributed by atoms with Gasteiger partial charge in [-0.1, -0.05) is 55.8 Å². The molecule has 7 nitrogen and oxygen atoms in total. The third-order valence-corrected chi connectivity index (χ3v) is 5.16. The van der Waals surface area contributed by atoms with Gasteiger partial charge < -0.3 is 14.8 Å². The number of carbonyl (C=O) groups is 1. The van der Waals surface area contributed by atoms with Gasteiger partial charge in [0, 0.05) is 6.54 Å². The number of fused-ring (bicyclic) bond motifs is 1. The van der Waals surface area contributed by atoms with Crippen molar-refractivity contribution in [2.75, 3.05) is 0 Å². The Morgan fingerprint density at radius 1 is 1.07 bits per heavy atom. The molecule has 4 aromatic rings. The third kappa shape index (κ3) is 3.50. The highest BCUT2D eigenvalue weighted by atomic mass is 16.4. The van der Waals surface area contributed by atoms with Gasteiger partial charge in [-0.15, -0.1) is 10.2 Å². The van der Waals surface area contributed by atoms with E-state index in [9.17, 15) is 15.0 Å². The van der Waals surface area contributed by atoms with E-state index < -0.39 is 5.97 Å². The quantitative estimate of drug-likeness (QED) is 0.501. The van der Waals surface area contributed by atoms with Gasteiger partial charge in [-0.05, 0) is 36.1 Å². The highest BCUT2D eigenvalue weighted by molar-refractivity contribution is 5.96. The van der Waals surface area contributed by atoms with Gasteiger partial charge in [0.2, 0.25) is 0 Å². The standard InChI is InChI=1S/C23H22N4O3/c1-3-6-19-20-21(22(28)26-25-19)27(14(2)24-20)13-15-9-11-16(12-10-15)17-7-4-5-8-18(17)23(29)30/h4-5,7-12H,3,6,13H2,1-2H3,(H,26,28)(H,29,30). The van der Waals surface area contributed by atoms with Gasteiger partial charge in [-0.25, -0.2) is 9.78 Å². The van der Waals surface area contributed by atoms with E-state index in [1.807, 2.05) is 41.8 Å². The molecule has 30 heavy (non-hydrogen) atoms. The summed E-state index contributed by atoms with van der Waals surface area (Å²) in [6.45, 7) is 4.47. The average molecular weight is 402 g/mol. The van der Waals surface area contributed by atoms with Gasteiger partial charge in [0.15, 0.2) is 0 Å². The number of carboxylic acids is 1. The Hall–Kier alpha value is -3.74. The third-order valence-electron chi connectivity index (χ3n) is 5.16. The van der Waals surface area contributed by atoms with Crippen LogP contribution in [0.25, 0.3) is 22.2 Å². The monoisotopic (exact) mass is 402 g/mol. The first kappa shape index (κ1) is 19.6. The second kappa shape index (κ2) is 7.94. The maximum Gasteiger partial charge on any atom is 0.336 e. The fraction of sp³-hybridized carbons (Fsp3) is 0.217. The SMILES string of the molecule is CCCc1nnc(O)c2c1nc(C)n2Cc1ccc(-c2ccccc2C(=O)O)cc1. The van der Waals surface area contributed by atoms with Crippen molar-refractivity contribution >= 4 is 17.0 Å². The molecule has 0 spiro atoms. The minimum Gasteiger partial charge on any atom is -0.491 e. The van der Waals surface area contributed by atoms with Crippen molar-refractivity contribution in [3.63, 3.8) is 0 Å². The van der Waals surface area contributed by atoms with Crippen LogP contribution in [-0.4, -0.2) is 35.9 Å². The summed E-state index contributed by atoms with van der Waals surface area (Å²) < 4.78 is 1.93. The Kier molecular flexibility index (Phi) is 5.18. The van der Waals surface area contributed by atoms with E-state index in [1.54, 1.807) is 18.2 Å². The van der Waals surface area contributed by atoms with Crippen LogP contribution in [0.2, 0.25) is 0 Å². The predicted octanol–water partition coefficient (Wildman–Crippen LogP) is 4.21. The molecule has 0 amide bonds. The fourth-order valence-electron chi connectivity index (χ4n) is 3.69. The topological polar surface area (TPSA) is 101 Å². The molecule has 152 valence electrons. The zero-order valence-electron chi connectivity index (χ0n) is 16.8. The number of benzene rings is 2. The molecule has 0 saturated heterocycles. The smallest absolute Gasteiger partial charge is 0.336 e. The molecule has 0 radical (unpaired) electrons. The number of aromatic nitrogens is 4. The molecular weight excluding hydrogens is 380 g/mol. The van der Waals surface area contributed by atoms with Crippen LogP contribution < -0.4 is 0 Å². The largest absolute Gasteiger partial charge is 0.491 e. The van der Waals surface area contributed by atoms with Gasteiger partial charge in [-0.3, -0.25) is 0 Å². The lowest BCUT2D eigenvalue weighted by molar-refractivity contribution is 0.0697. The second-order valence-corrected chi connectivity index (χ2v) is 7.21. The molecule has 2 heterocycles. The first-order chi connectivity index (χ1) is 14.5. The van der Waals surface area contributed by atoms with Crippen molar-refractivity contribution < 1.29 is 15.0 Å². The Balaban J connectivity index is 1.70. The molecule has 0 aliphatic heterocycles. The number of aromatic carboxylic acids is 1. The minimum atomic E-state index is -0.949.